The van der Waals surface area contributed by atoms with Crippen LogP contribution in [-0.4, -0.2) is 25.0 Å². The Bertz CT molecular complexity index is 432. The zero-order valence-corrected chi connectivity index (χ0v) is 14.1. The largest absolute Gasteiger partial charge is 0.355 e. The SMILES string of the molecule is CCN[C@H](C)CNC(=O)CCc1ccc(C(C)(C)C)cc1. The van der Waals surface area contributed by atoms with Crippen molar-refractivity contribution in [1.29, 1.82) is 0 Å². The highest BCUT2D eigenvalue weighted by Gasteiger charge is 2.13. The number of carbonyl (C=O) groups excluding carboxylic acids is 1. The van der Waals surface area contributed by atoms with Crippen molar-refractivity contribution in [3.8, 4) is 0 Å². The lowest BCUT2D eigenvalue weighted by atomic mass is 9.86. The first kappa shape index (κ1) is 17.7. The fourth-order valence-corrected chi connectivity index (χ4v) is 2.21. The Labute approximate surface area is 129 Å². The quantitative estimate of drug-likeness (QED) is 0.810. The molecule has 1 rings (SSSR count). The summed E-state index contributed by atoms with van der Waals surface area (Å²) in [7, 11) is 0. The number of amides is 1. The molecule has 0 heterocycles. The topological polar surface area (TPSA) is 41.1 Å². The minimum absolute atomic E-state index is 0.125. The molecule has 1 aromatic carbocycles. The Morgan fingerprint density at radius 1 is 1.19 bits per heavy atom. The second-order valence-corrected chi connectivity index (χ2v) is 6.71. The Hall–Kier alpha value is -1.35. The monoisotopic (exact) mass is 290 g/mol. The van der Waals surface area contributed by atoms with Crippen LogP contribution in [0.1, 0.15) is 52.2 Å². The second-order valence-electron chi connectivity index (χ2n) is 6.71. The molecule has 1 aromatic rings. The fraction of sp³-hybridized carbons (Fsp3) is 0.611. The van der Waals surface area contributed by atoms with Gasteiger partial charge in [0.05, 0.1) is 0 Å². The van der Waals surface area contributed by atoms with Crippen LogP contribution < -0.4 is 10.6 Å². The fourth-order valence-electron chi connectivity index (χ4n) is 2.21. The van der Waals surface area contributed by atoms with E-state index in [1.807, 2.05) is 0 Å². The van der Waals surface area contributed by atoms with Crippen molar-refractivity contribution < 1.29 is 4.79 Å². The van der Waals surface area contributed by atoms with E-state index in [1.165, 1.54) is 11.1 Å². The number of rotatable bonds is 7. The van der Waals surface area contributed by atoms with E-state index in [4.69, 9.17) is 0 Å². The molecule has 0 aromatic heterocycles. The summed E-state index contributed by atoms with van der Waals surface area (Å²) in [5, 5.41) is 6.25. The molecule has 0 fully saturated rings. The molecule has 1 amide bonds. The smallest absolute Gasteiger partial charge is 0.220 e. The van der Waals surface area contributed by atoms with Gasteiger partial charge in [-0.15, -0.1) is 0 Å². The predicted octanol–water partition coefficient (Wildman–Crippen LogP) is 3.03. The van der Waals surface area contributed by atoms with Crippen molar-refractivity contribution in [2.75, 3.05) is 13.1 Å². The van der Waals surface area contributed by atoms with Gasteiger partial charge < -0.3 is 10.6 Å². The third-order valence-electron chi connectivity index (χ3n) is 3.62. The van der Waals surface area contributed by atoms with E-state index in [1.54, 1.807) is 0 Å². The number of benzene rings is 1. The molecule has 0 bridgehead atoms. The Morgan fingerprint density at radius 2 is 1.81 bits per heavy atom. The van der Waals surface area contributed by atoms with Crippen molar-refractivity contribution in [1.82, 2.24) is 10.6 Å². The normalized spacial score (nSPS) is 13.0. The third kappa shape index (κ3) is 6.76. The van der Waals surface area contributed by atoms with Gasteiger partial charge in [0, 0.05) is 19.0 Å². The lowest BCUT2D eigenvalue weighted by Gasteiger charge is -2.19. The molecule has 2 N–H and O–H groups in total. The number of nitrogens with one attached hydrogen (secondary N) is 2. The van der Waals surface area contributed by atoms with Crippen LogP contribution in [0, 0.1) is 0 Å². The summed E-state index contributed by atoms with van der Waals surface area (Å²) in [4.78, 5) is 11.8. The van der Waals surface area contributed by atoms with Gasteiger partial charge in [-0.05, 0) is 36.4 Å². The van der Waals surface area contributed by atoms with E-state index in [0.717, 1.165) is 13.0 Å². The minimum atomic E-state index is 0.125. The van der Waals surface area contributed by atoms with Crippen LogP contribution in [0.25, 0.3) is 0 Å². The molecule has 118 valence electrons. The molecular formula is C18H30N2O. The maximum Gasteiger partial charge on any atom is 0.220 e. The van der Waals surface area contributed by atoms with Crippen molar-refractivity contribution in [2.45, 2.75) is 58.9 Å². The number of hydrogen-bond acceptors (Lipinski definition) is 2. The lowest BCUT2D eigenvalue weighted by molar-refractivity contribution is -0.121. The van der Waals surface area contributed by atoms with Crippen molar-refractivity contribution in [2.24, 2.45) is 0 Å². The van der Waals surface area contributed by atoms with Gasteiger partial charge in [-0.1, -0.05) is 52.0 Å². The van der Waals surface area contributed by atoms with Crippen molar-refractivity contribution in [3.05, 3.63) is 35.4 Å². The molecule has 0 saturated heterocycles. The molecule has 21 heavy (non-hydrogen) atoms. The van der Waals surface area contributed by atoms with E-state index in [-0.39, 0.29) is 11.3 Å². The maximum absolute atomic E-state index is 11.8. The van der Waals surface area contributed by atoms with Crippen LogP contribution in [0.2, 0.25) is 0 Å². The molecule has 0 aliphatic rings. The number of aryl methyl sites for hydroxylation is 1. The summed E-state index contributed by atoms with van der Waals surface area (Å²) in [6.07, 6.45) is 1.35. The highest BCUT2D eigenvalue weighted by molar-refractivity contribution is 5.76. The van der Waals surface area contributed by atoms with Crippen LogP contribution in [0.4, 0.5) is 0 Å². The second kappa shape index (κ2) is 8.18. The highest BCUT2D eigenvalue weighted by Crippen LogP contribution is 2.22. The van der Waals surface area contributed by atoms with E-state index < -0.39 is 0 Å². The van der Waals surface area contributed by atoms with Gasteiger partial charge in [0.15, 0.2) is 0 Å². The van der Waals surface area contributed by atoms with Gasteiger partial charge in [-0.3, -0.25) is 4.79 Å². The van der Waals surface area contributed by atoms with Gasteiger partial charge in [-0.25, -0.2) is 0 Å². The van der Waals surface area contributed by atoms with Gasteiger partial charge in [0.2, 0.25) is 5.91 Å². The van der Waals surface area contributed by atoms with Crippen LogP contribution in [0.3, 0.4) is 0 Å². The maximum atomic E-state index is 11.8. The average molecular weight is 290 g/mol. The first-order valence-electron chi connectivity index (χ1n) is 7.92. The number of carbonyl (C=O) groups is 1. The van der Waals surface area contributed by atoms with Crippen molar-refractivity contribution in [3.63, 3.8) is 0 Å². The average Bonchev–Trinajstić information content (AvgIpc) is 2.43. The highest BCUT2D eigenvalue weighted by atomic mass is 16.1. The molecule has 0 radical (unpaired) electrons. The molecule has 1 atom stereocenters. The first-order valence-corrected chi connectivity index (χ1v) is 7.92. The van der Waals surface area contributed by atoms with E-state index in [9.17, 15) is 4.79 Å². The molecule has 3 heteroatoms. The predicted molar refractivity (Wildman–Crippen MR) is 89.6 cm³/mol. The van der Waals surface area contributed by atoms with E-state index in [0.29, 0.717) is 19.0 Å². The van der Waals surface area contributed by atoms with E-state index in [2.05, 4.69) is 69.5 Å². The summed E-state index contributed by atoms with van der Waals surface area (Å²) in [6, 6.07) is 8.93. The summed E-state index contributed by atoms with van der Waals surface area (Å²) in [6.45, 7) is 12.4. The summed E-state index contributed by atoms with van der Waals surface area (Å²) in [5.74, 6) is 0.125. The van der Waals surface area contributed by atoms with Crippen LogP contribution in [0.15, 0.2) is 24.3 Å². The summed E-state index contributed by atoms with van der Waals surface area (Å²) >= 11 is 0. The van der Waals surface area contributed by atoms with Gasteiger partial charge in [-0.2, -0.15) is 0 Å². The zero-order valence-electron chi connectivity index (χ0n) is 14.1. The lowest BCUT2D eigenvalue weighted by Crippen LogP contribution is -2.38. The van der Waals surface area contributed by atoms with Gasteiger partial charge >= 0.3 is 0 Å². The molecule has 0 aliphatic heterocycles. The van der Waals surface area contributed by atoms with Gasteiger partial charge in [0.1, 0.15) is 0 Å². The van der Waals surface area contributed by atoms with Gasteiger partial charge in [0.25, 0.3) is 0 Å². The first-order chi connectivity index (χ1) is 9.82. The van der Waals surface area contributed by atoms with Crippen LogP contribution >= 0.6 is 0 Å². The van der Waals surface area contributed by atoms with Crippen LogP contribution in [0.5, 0.6) is 0 Å². The Kier molecular flexibility index (Phi) is 6.90. The number of likely N-dealkylation sites (N-methyl/N-ethyl adjacent to an activating group) is 1. The minimum Gasteiger partial charge on any atom is -0.355 e. The molecule has 0 aliphatic carbocycles. The molecule has 0 saturated carbocycles. The Morgan fingerprint density at radius 3 is 2.33 bits per heavy atom. The number of hydrogen-bond donors (Lipinski definition) is 2. The summed E-state index contributed by atoms with van der Waals surface area (Å²) < 4.78 is 0. The standard InChI is InChI=1S/C18H30N2O/c1-6-19-14(2)13-20-17(21)12-9-15-7-10-16(11-8-15)18(3,4)5/h7-8,10-11,14,19H,6,9,12-13H2,1-5H3,(H,20,21)/t14-/m1/s1. The van der Waals surface area contributed by atoms with Crippen LogP contribution in [-0.2, 0) is 16.6 Å². The zero-order chi connectivity index (χ0) is 15.9. The molecule has 0 unspecified atom stereocenters. The molecular weight excluding hydrogens is 260 g/mol. The van der Waals surface area contributed by atoms with E-state index >= 15 is 0 Å². The molecule has 3 nitrogen and oxygen atoms in total. The summed E-state index contributed by atoms with van der Waals surface area (Å²) in [5.41, 5.74) is 2.73. The third-order valence-corrected chi connectivity index (χ3v) is 3.62. The van der Waals surface area contributed by atoms with Crippen molar-refractivity contribution >= 4 is 5.91 Å². The Balaban J connectivity index is 2.36. The molecule has 0 spiro atoms.